The summed E-state index contributed by atoms with van der Waals surface area (Å²) in [4.78, 5) is 11.1. The second-order valence-electron chi connectivity index (χ2n) is 4.82. The topological polar surface area (TPSA) is 55.1 Å². The highest BCUT2D eigenvalue weighted by molar-refractivity contribution is 5.78. The molecule has 0 aliphatic heterocycles. The summed E-state index contributed by atoms with van der Waals surface area (Å²) in [5.41, 5.74) is 8.45. The molecule has 104 valence electrons. The zero-order valence-corrected chi connectivity index (χ0v) is 11.7. The Morgan fingerprint density at radius 3 is 2.40 bits per heavy atom. The van der Waals surface area contributed by atoms with Gasteiger partial charge in [-0.1, -0.05) is 55.5 Å². The lowest BCUT2D eigenvalue weighted by atomic mass is 10.0. The molecule has 2 rings (SSSR count). The number of carbonyl (C=O) groups is 1. The molecule has 2 aromatic rings. The van der Waals surface area contributed by atoms with Gasteiger partial charge in [0.05, 0.1) is 12.5 Å². The largest absolute Gasteiger partial charge is 0.378 e. The van der Waals surface area contributed by atoms with Crippen LogP contribution in [0.4, 0.5) is 5.69 Å². The average Bonchev–Trinajstić information content (AvgIpc) is 2.46. The second-order valence-corrected chi connectivity index (χ2v) is 4.82. The number of anilines is 1. The van der Waals surface area contributed by atoms with Crippen molar-refractivity contribution >= 4 is 11.6 Å². The molecule has 0 fully saturated rings. The van der Waals surface area contributed by atoms with E-state index in [2.05, 4.69) is 24.4 Å². The molecule has 0 aliphatic carbocycles. The van der Waals surface area contributed by atoms with Crippen LogP contribution >= 0.6 is 0 Å². The average molecular weight is 268 g/mol. The lowest BCUT2D eigenvalue weighted by molar-refractivity contribution is -0.117. The molecule has 3 N–H and O–H groups in total. The van der Waals surface area contributed by atoms with Crippen molar-refractivity contribution in [1.29, 1.82) is 0 Å². The molecule has 0 saturated carbocycles. The van der Waals surface area contributed by atoms with Crippen molar-refractivity contribution in [3.63, 3.8) is 0 Å². The summed E-state index contributed by atoms with van der Waals surface area (Å²) in [5, 5.41) is 3.51. The van der Waals surface area contributed by atoms with Crippen molar-refractivity contribution in [2.45, 2.75) is 25.8 Å². The van der Waals surface area contributed by atoms with Gasteiger partial charge in [-0.05, 0) is 23.6 Å². The number of hydrogen-bond acceptors (Lipinski definition) is 2. The van der Waals surface area contributed by atoms with Crippen LogP contribution in [0.25, 0.3) is 0 Å². The van der Waals surface area contributed by atoms with Gasteiger partial charge < -0.3 is 11.1 Å². The Morgan fingerprint density at radius 2 is 1.75 bits per heavy atom. The number of nitrogens with two attached hydrogens (primary N) is 1. The summed E-state index contributed by atoms with van der Waals surface area (Å²) < 4.78 is 0. The predicted molar refractivity (Wildman–Crippen MR) is 82.4 cm³/mol. The Balaban J connectivity index is 2.22. The summed E-state index contributed by atoms with van der Waals surface area (Å²) >= 11 is 0. The van der Waals surface area contributed by atoms with E-state index in [1.807, 2.05) is 42.5 Å². The van der Waals surface area contributed by atoms with Gasteiger partial charge in [0.15, 0.2) is 0 Å². The van der Waals surface area contributed by atoms with Crippen LogP contribution in [0, 0.1) is 0 Å². The highest BCUT2D eigenvalue weighted by Gasteiger charge is 2.11. The van der Waals surface area contributed by atoms with E-state index < -0.39 is 0 Å². The second kappa shape index (κ2) is 6.75. The monoisotopic (exact) mass is 268 g/mol. The number of primary amides is 1. The Bertz CT molecular complexity index is 566. The number of nitrogens with one attached hydrogen (secondary N) is 1. The number of carbonyl (C=O) groups excluding carboxylic acids is 1. The van der Waals surface area contributed by atoms with Gasteiger partial charge in [-0.3, -0.25) is 4.79 Å². The minimum atomic E-state index is -0.313. The van der Waals surface area contributed by atoms with Crippen LogP contribution in [0.2, 0.25) is 0 Å². The first kappa shape index (κ1) is 14.1. The van der Waals surface area contributed by atoms with E-state index in [4.69, 9.17) is 5.73 Å². The minimum absolute atomic E-state index is 0.227. The zero-order valence-electron chi connectivity index (χ0n) is 11.7. The highest BCUT2D eigenvalue weighted by Crippen LogP contribution is 2.25. The van der Waals surface area contributed by atoms with Crippen LogP contribution in [0.5, 0.6) is 0 Å². The molecule has 0 spiro atoms. The Hall–Kier alpha value is -2.29. The first-order valence-corrected chi connectivity index (χ1v) is 6.88. The molecule has 3 heteroatoms. The first-order valence-electron chi connectivity index (χ1n) is 6.88. The quantitative estimate of drug-likeness (QED) is 0.844. The Kier molecular flexibility index (Phi) is 4.77. The molecule has 1 atom stereocenters. The van der Waals surface area contributed by atoms with Crippen molar-refractivity contribution in [1.82, 2.24) is 0 Å². The van der Waals surface area contributed by atoms with Crippen LogP contribution in [-0.4, -0.2) is 5.91 Å². The van der Waals surface area contributed by atoms with Crippen molar-refractivity contribution in [3.8, 4) is 0 Å². The molecule has 0 aliphatic rings. The van der Waals surface area contributed by atoms with Gasteiger partial charge >= 0.3 is 0 Å². The molecule has 0 radical (unpaired) electrons. The van der Waals surface area contributed by atoms with Gasteiger partial charge in [0.1, 0.15) is 0 Å². The van der Waals surface area contributed by atoms with E-state index in [0.717, 1.165) is 17.7 Å². The van der Waals surface area contributed by atoms with Crippen LogP contribution in [0.1, 0.15) is 30.5 Å². The molecule has 0 bridgehead atoms. The normalized spacial score (nSPS) is 11.8. The third kappa shape index (κ3) is 3.60. The standard InChI is InChI=1S/C17H20N2O/c1-2-15(13-8-4-3-5-9-13)19-16-11-7-6-10-14(16)12-17(18)20/h3-11,15,19H,2,12H2,1H3,(H2,18,20). The van der Waals surface area contributed by atoms with Crippen molar-refractivity contribution in [2.75, 3.05) is 5.32 Å². The van der Waals surface area contributed by atoms with Gasteiger partial charge in [-0.25, -0.2) is 0 Å². The molecule has 1 amide bonds. The fourth-order valence-electron chi connectivity index (χ4n) is 2.30. The van der Waals surface area contributed by atoms with Gasteiger partial charge in [-0.2, -0.15) is 0 Å². The summed E-state index contributed by atoms with van der Waals surface area (Å²) in [6, 6.07) is 18.3. The van der Waals surface area contributed by atoms with Crippen LogP contribution in [0.3, 0.4) is 0 Å². The number of rotatable bonds is 6. The van der Waals surface area contributed by atoms with Gasteiger partial charge in [0, 0.05) is 5.69 Å². The minimum Gasteiger partial charge on any atom is -0.378 e. The molecule has 2 aromatic carbocycles. The zero-order chi connectivity index (χ0) is 14.4. The van der Waals surface area contributed by atoms with E-state index >= 15 is 0 Å². The van der Waals surface area contributed by atoms with E-state index in [1.165, 1.54) is 5.56 Å². The number of amides is 1. The maximum atomic E-state index is 11.1. The van der Waals surface area contributed by atoms with Crippen LogP contribution < -0.4 is 11.1 Å². The Morgan fingerprint density at radius 1 is 1.10 bits per heavy atom. The number of benzene rings is 2. The lowest BCUT2D eigenvalue weighted by Gasteiger charge is -2.20. The molecule has 1 unspecified atom stereocenters. The number of hydrogen-bond donors (Lipinski definition) is 2. The van der Waals surface area contributed by atoms with Crippen molar-refractivity contribution in [2.24, 2.45) is 5.73 Å². The molecule has 3 nitrogen and oxygen atoms in total. The van der Waals surface area contributed by atoms with Crippen LogP contribution in [0.15, 0.2) is 54.6 Å². The van der Waals surface area contributed by atoms with Gasteiger partial charge in [-0.15, -0.1) is 0 Å². The van der Waals surface area contributed by atoms with Gasteiger partial charge in [0.2, 0.25) is 5.91 Å². The van der Waals surface area contributed by atoms with E-state index in [9.17, 15) is 4.79 Å². The summed E-state index contributed by atoms with van der Waals surface area (Å²) in [7, 11) is 0. The maximum Gasteiger partial charge on any atom is 0.221 e. The molecular formula is C17H20N2O. The summed E-state index contributed by atoms with van der Waals surface area (Å²) in [6.45, 7) is 2.14. The van der Waals surface area contributed by atoms with E-state index in [0.29, 0.717) is 0 Å². The summed E-state index contributed by atoms with van der Waals surface area (Å²) in [6.07, 6.45) is 1.23. The molecule has 0 saturated heterocycles. The fraction of sp³-hybridized carbons (Fsp3) is 0.235. The fourth-order valence-corrected chi connectivity index (χ4v) is 2.30. The third-order valence-electron chi connectivity index (χ3n) is 3.32. The van der Waals surface area contributed by atoms with Crippen molar-refractivity contribution < 1.29 is 4.79 Å². The first-order chi connectivity index (χ1) is 9.70. The Labute approximate surface area is 119 Å². The predicted octanol–water partition coefficient (Wildman–Crippen LogP) is 3.28. The highest BCUT2D eigenvalue weighted by atomic mass is 16.1. The van der Waals surface area contributed by atoms with Gasteiger partial charge in [0.25, 0.3) is 0 Å². The number of para-hydroxylation sites is 1. The van der Waals surface area contributed by atoms with E-state index in [1.54, 1.807) is 0 Å². The summed E-state index contributed by atoms with van der Waals surface area (Å²) in [5.74, 6) is -0.313. The van der Waals surface area contributed by atoms with E-state index in [-0.39, 0.29) is 18.4 Å². The lowest BCUT2D eigenvalue weighted by Crippen LogP contribution is -2.16. The molecule has 0 heterocycles. The SMILES string of the molecule is CCC(Nc1ccccc1CC(N)=O)c1ccccc1. The smallest absolute Gasteiger partial charge is 0.221 e. The maximum absolute atomic E-state index is 11.1. The molecule has 20 heavy (non-hydrogen) atoms. The van der Waals surface area contributed by atoms with Crippen molar-refractivity contribution in [3.05, 3.63) is 65.7 Å². The van der Waals surface area contributed by atoms with Crippen LogP contribution in [-0.2, 0) is 11.2 Å². The molecular weight excluding hydrogens is 248 g/mol. The third-order valence-corrected chi connectivity index (χ3v) is 3.32. The molecule has 0 aromatic heterocycles.